The highest BCUT2D eigenvalue weighted by Crippen LogP contribution is 2.26. The van der Waals surface area contributed by atoms with E-state index in [-0.39, 0.29) is 12.1 Å². The summed E-state index contributed by atoms with van der Waals surface area (Å²) >= 11 is 0. The van der Waals surface area contributed by atoms with Crippen LogP contribution in [0.25, 0.3) is 0 Å². The van der Waals surface area contributed by atoms with Crippen LogP contribution in [0.2, 0.25) is 0 Å². The zero-order valence-corrected chi connectivity index (χ0v) is 13.2. The topological polar surface area (TPSA) is 70.1 Å². The standard InChI is InChI=1S/C15H26N2O4/c1-15(2,3)21-14(20)16-9-7-11(10-16)17-8-5-4-6-12(17)13(18)19/h11-12H,4-10H2,1-3H3,(H,18,19)/t11-,12+/m0/s1. The summed E-state index contributed by atoms with van der Waals surface area (Å²) in [6, 6.07) is -0.263. The molecule has 1 amide bonds. The van der Waals surface area contributed by atoms with Crippen molar-refractivity contribution in [3.8, 4) is 0 Å². The van der Waals surface area contributed by atoms with Gasteiger partial charge in [-0.15, -0.1) is 0 Å². The zero-order chi connectivity index (χ0) is 15.6. The zero-order valence-electron chi connectivity index (χ0n) is 13.2. The second-order valence-electron chi connectivity index (χ2n) is 6.96. The van der Waals surface area contributed by atoms with Crippen LogP contribution in [-0.4, -0.2) is 64.3 Å². The van der Waals surface area contributed by atoms with Crippen molar-refractivity contribution in [1.29, 1.82) is 0 Å². The number of hydrogen-bond acceptors (Lipinski definition) is 4. The normalized spacial score (nSPS) is 27.7. The lowest BCUT2D eigenvalue weighted by Crippen LogP contribution is -2.51. The Morgan fingerprint density at radius 1 is 1.14 bits per heavy atom. The van der Waals surface area contributed by atoms with E-state index in [4.69, 9.17) is 4.74 Å². The molecule has 0 radical (unpaired) electrons. The number of carbonyl (C=O) groups excluding carboxylic acids is 1. The van der Waals surface area contributed by atoms with Gasteiger partial charge < -0.3 is 14.7 Å². The number of aliphatic carboxylic acids is 1. The maximum Gasteiger partial charge on any atom is 0.410 e. The number of amides is 1. The first-order valence-electron chi connectivity index (χ1n) is 7.74. The molecule has 0 unspecified atom stereocenters. The molecule has 2 aliphatic rings. The van der Waals surface area contributed by atoms with E-state index in [1.165, 1.54) is 0 Å². The van der Waals surface area contributed by atoms with Gasteiger partial charge in [0, 0.05) is 19.1 Å². The lowest BCUT2D eigenvalue weighted by Gasteiger charge is -2.37. The van der Waals surface area contributed by atoms with Gasteiger partial charge in [-0.05, 0) is 46.6 Å². The van der Waals surface area contributed by atoms with Crippen LogP contribution in [0.3, 0.4) is 0 Å². The van der Waals surface area contributed by atoms with Crippen LogP contribution < -0.4 is 0 Å². The van der Waals surface area contributed by atoms with Crippen molar-refractivity contribution in [2.24, 2.45) is 0 Å². The first kappa shape index (κ1) is 16.1. The minimum Gasteiger partial charge on any atom is -0.480 e. The fourth-order valence-corrected chi connectivity index (χ4v) is 3.16. The molecule has 2 atom stereocenters. The molecular weight excluding hydrogens is 272 g/mol. The number of piperidine rings is 1. The van der Waals surface area contributed by atoms with E-state index >= 15 is 0 Å². The van der Waals surface area contributed by atoms with Crippen molar-refractivity contribution in [2.75, 3.05) is 19.6 Å². The minimum atomic E-state index is -0.745. The molecule has 2 heterocycles. The summed E-state index contributed by atoms with van der Waals surface area (Å²) in [4.78, 5) is 27.2. The second-order valence-corrected chi connectivity index (χ2v) is 6.96. The molecule has 0 saturated carbocycles. The van der Waals surface area contributed by atoms with E-state index in [1.807, 2.05) is 20.8 Å². The number of nitrogens with zero attached hydrogens (tertiary/aromatic N) is 2. The monoisotopic (exact) mass is 298 g/mol. The van der Waals surface area contributed by atoms with Crippen LogP contribution in [0, 0.1) is 0 Å². The van der Waals surface area contributed by atoms with Crippen LogP contribution in [-0.2, 0) is 9.53 Å². The second kappa shape index (κ2) is 6.22. The van der Waals surface area contributed by atoms with Crippen LogP contribution >= 0.6 is 0 Å². The molecule has 2 fully saturated rings. The largest absolute Gasteiger partial charge is 0.480 e. The van der Waals surface area contributed by atoms with E-state index in [1.54, 1.807) is 4.90 Å². The third-order valence-corrected chi connectivity index (χ3v) is 4.11. The number of carboxylic acids is 1. The van der Waals surface area contributed by atoms with E-state index < -0.39 is 17.6 Å². The maximum absolute atomic E-state index is 12.1. The van der Waals surface area contributed by atoms with Gasteiger partial charge in [-0.1, -0.05) is 6.42 Å². The fraction of sp³-hybridized carbons (Fsp3) is 0.867. The quantitative estimate of drug-likeness (QED) is 0.843. The van der Waals surface area contributed by atoms with Gasteiger partial charge >= 0.3 is 12.1 Å². The smallest absolute Gasteiger partial charge is 0.410 e. The van der Waals surface area contributed by atoms with Gasteiger partial charge in [-0.2, -0.15) is 0 Å². The number of carbonyl (C=O) groups is 2. The van der Waals surface area contributed by atoms with Gasteiger partial charge in [0.05, 0.1) is 0 Å². The first-order valence-corrected chi connectivity index (χ1v) is 7.74. The number of ether oxygens (including phenoxy) is 1. The highest BCUT2D eigenvalue weighted by Gasteiger charge is 2.38. The number of carboxylic acid groups (broad SMARTS) is 1. The molecule has 6 heteroatoms. The predicted molar refractivity (Wildman–Crippen MR) is 78.2 cm³/mol. The molecule has 1 N–H and O–H groups in total. The summed E-state index contributed by atoms with van der Waals surface area (Å²) in [5, 5.41) is 9.35. The lowest BCUT2D eigenvalue weighted by molar-refractivity contribution is -0.145. The summed E-state index contributed by atoms with van der Waals surface area (Å²) in [6.45, 7) is 7.57. The summed E-state index contributed by atoms with van der Waals surface area (Å²) in [5.74, 6) is -0.745. The number of rotatable bonds is 2. The molecule has 0 aromatic rings. The average molecular weight is 298 g/mol. The van der Waals surface area contributed by atoms with Crippen molar-refractivity contribution >= 4 is 12.1 Å². The van der Waals surface area contributed by atoms with Crippen LogP contribution in [0.1, 0.15) is 46.5 Å². The fourth-order valence-electron chi connectivity index (χ4n) is 3.16. The van der Waals surface area contributed by atoms with Crippen LogP contribution in [0.15, 0.2) is 0 Å². The van der Waals surface area contributed by atoms with Crippen molar-refractivity contribution in [2.45, 2.75) is 64.1 Å². The van der Waals surface area contributed by atoms with E-state index in [9.17, 15) is 14.7 Å². The summed E-state index contributed by atoms with van der Waals surface area (Å²) in [6.07, 6.45) is 3.23. The Morgan fingerprint density at radius 2 is 1.86 bits per heavy atom. The maximum atomic E-state index is 12.1. The van der Waals surface area contributed by atoms with E-state index in [0.29, 0.717) is 19.5 Å². The molecule has 2 saturated heterocycles. The van der Waals surface area contributed by atoms with Gasteiger partial charge in [-0.3, -0.25) is 9.69 Å². The van der Waals surface area contributed by atoms with Crippen molar-refractivity contribution in [3.05, 3.63) is 0 Å². The van der Waals surface area contributed by atoms with Crippen molar-refractivity contribution in [1.82, 2.24) is 9.80 Å². The van der Waals surface area contributed by atoms with E-state index in [0.717, 1.165) is 25.8 Å². The Balaban J connectivity index is 1.95. The third-order valence-electron chi connectivity index (χ3n) is 4.11. The number of hydrogen-bond donors (Lipinski definition) is 1. The predicted octanol–water partition coefficient (Wildman–Crippen LogP) is 1.93. The van der Waals surface area contributed by atoms with Gasteiger partial charge in [0.2, 0.25) is 0 Å². The Bertz CT molecular complexity index is 405. The van der Waals surface area contributed by atoms with Crippen molar-refractivity contribution < 1.29 is 19.4 Å². The molecule has 0 bridgehead atoms. The van der Waals surface area contributed by atoms with Gasteiger partial charge in [0.25, 0.3) is 0 Å². The summed E-state index contributed by atoms with van der Waals surface area (Å²) in [5.41, 5.74) is -0.496. The summed E-state index contributed by atoms with van der Waals surface area (Å²) in [7, 11) is 0. The van der Waals surface area contributed by atoms with Gasteiger partial charge in [0.1, 0.15) is 11.6 Å². The molecule has 0 aromatic carbocycles. The summed E-state index contributed by atoms with van der Waals surface area (Å²) < 4.78 is 5.38. The lowest BCUT2D eigenvalue weighted by atomic mass is 9.99. The molecular formula is C15H26N2O4. The average Bonchev–Trinajstić information content (AvgIpc) is 2.86. The molecule has 2 aliphatic heterocycles. The third kappa shape index (κ3) is 4.09. The van der Waals surface area contributed by atoms with Crippen LogP contribution in [0.4, 0.5) is 4.79 Å². The van der Waals surface area contributed by atoms with Gasteiger partial charge in [-0.25, -0.2) is 4.79 Å². The molecule has 21 heavy (non-hydrogen) atoms. The van der Waals surface area contributed by atoms with E-state index in [2.05, 4.69) is 4.90 Å². The SMILES string of the molecule is CC(C)(C)OC(=O)N1CC[C@H](N2CCCC[C@@H]2C(=O)O)C1. The molecule has 120 valence electrons. The molecule has 0 aliphatic carbocycles. The Morgan fingerprint density at radius 3 is 2.48 bits per heavy atom. The Hall–Kier alpha value is -1.30. The molecule has 6 nitrogen and oxygen atoms in total. The van der Waals surface area contributed by atoms with Gasteiger partial charge in [0.15, 0.2) is 0 Å². The number of likely N-dealkylation sites (tertiary alicyclic amines) is 2. The molecule has 0 aromatic heterocycles. The first-order chi connectivity index (χ1) is 9.78. The molecule has 0 spiro atoms. The Kier molecular flexibility index (Phi) is 4.76. The minimum absolute atomic E-state index is 0.138. The highest BCUT2D eigenvalue weighted by atomic mass is 16.6. The molecule has 2 rings (SSSR count). The van der Waals surface area contributed by atoms with Crippen molar-refractivity contribution in [3.63, 3.8) is 0 Å². The highest BCUT2D eigenvalue weighted by molar-refractivity contribution is 5.73. The Labute approximate surface area is 126 Å². The van der Waals surface area contributed by atoms with Crippen LogP contribution in [0.5, 0.6) is 0 Å².